The summed E-state index contributed by atoms with van der Waals surface area (Å²) in [5, 5.41) is 17.4. The largest absolute Gasteiger partial charge is 0.493 e. The lowest BCUT2D eigenvalue weighted by molar-refractivity contribution is -0.0179. The fourth-order valence-corrected chi connectivity index (χ4v) is 3.53. The van der Waals surface area contributed by atoms with Gasteiger partial charge in [0.15, 0.2) is 17.5 Å². The third kappa shape index (κ3) is 9.33. The van der Waals surface area contributed by atoms with Crippen LogP contribution < -0.4 is 20.1 Å². The number of aryl methyl sites for hydroxylation is 1. The highest BCUT2D eigenvalue weighted by molar-refractivity contribution is 5.79. The Bertz CT molecular complexity index is 676. The van der Waals surface area contributed by atoms with Gasteiger partial charge in [-0.05, 0) is 51.3 Å². The van der Waals surface area contributed by atoms with Crippen LogP contribution >= 0.6 is 0 Å². The number of rotatable bonds is 12. The molecule has 0 spiro atoms. The molecule has 0 aliphatic carbocycles. The molecule has 2 rings (SSSR count). The normalized spacial score (nSPS) is 17.1. The number of ether oxygens (including phenoxy) is 3. The predicted molar refractivity (Wildman–Crippen MR) is 124 cm³/mol. The van der Waals surface area contributed by atoms with Gasteiger partial charge in [0.05, 0.1) is 39.1 Å². The Morgan fingerprint density at radius 1 is 1.23 bits per heavy atom. The monoisotopic (exact) mass is 436 g/mol. The molecule has 1 unspecified atom stereocenters. The van der Waals surface area contributed by atoms with Crippen LogP contribution in [-0.2, 0) is 11.2 Å². The van der Waals surface area contributed by atoms with Crippen LogP contribution in [0.15, 0.2) is 23.2 Å². The second kappa shape index (κ2) is 13.4. The van der Waals surface area contributed by atoms with Gasteiger partial charge in [0.2, 0.25) is 0 Å². The molecule has 0 radical (unpaired) electrons. The third-order valence-electron chi connectivity index (χ3n) is 5.05. The molecular formula is C23H40N4O4. The van der Waals surface area contributed by atoms with Crippen molar-refractivity contribution in [3.63, 3.8) is 0 Å². The van der Waals surface area contributed by atoms with Gasteiger partial charge in [0.1, 0.15) is 0 Å². The molecule has 1 saturated heterocycles. The highest BCUT2D eigenvalue weighted by atomic mass is 16.5. The van der Waals surface area contributed by atoms with E-state index < -0.39 is 5.60 Å². The first-order valence-electron chi connectivity index (χ1n) is 11.3. The molecule has 176 valence electrons. The van der Waals surface area contributed by atoms with E-state index in [9.17, 15) is 5.11 Å². The number of guanidine groups is 1. The SMILES string of the molecule is CCNC(=NCC(C)(O)CN1CCOCC1)NCCCc1ccc(OC)c(OCC)c1. The van der Waals surface area contributed by atoms with E-state index in [1.807, 2.05) is 32.9 Å². The molecule has 0 saturated carbocycles. The smallest absolute Gasteiger partial charge is 0.191 e. The summed E-state index contributed by atoms with van der Waals surface area (Å²) in [6.45, 7) is 12.1. The third-order valence-corrected chi connectivity index (χ3v) is 5.05. The summed E-state index contributed by atoms with van der Waals surface area (Å²) in [6.07, 6.45) is 1.87. The standard InChI is InChI=1S/C23H40N4O4/c1-5-24-22(26-17-23(3,28)18-27-12-14-30-15-13-27)25-11-7-8-19-9-10-20(29-4)21(16-19)31-6-2/h9-10,16,28H,5-8,11-15,17-18H2,1-4H3,(H2,24,25,26). The summed E-state index contributed by atoms with van der Waals surface area (Å²) >= 11 is 0. The molecule has 0 amide bonds. The summed E-state index contributed by atoms with van der Waals surface area (Å²) in [4.78, 5) is 6.83. The Hall–Kier alpha value is -2.03. The lowest BCUT2D eigenvalue weighted by atomic mass is 10.1. The van der Waals surface area contributed by atoms with Gasteiger partial charge in [0, 0.05) is 32.7 Å². The lowest BCUT2D eigenvalue weighted by Gasteiger charge is -2.33. The average Bonchev–Trinajstić information content (AvgIpc) is 2.76. The number of hydrogen-bond acceptors (Lipinski definition) is 6. The van der Waals surface area contributed by atoms with Gasteiger partial charge in [-0.15, -0.1) is 0 Å². The van der Waals surface area contributed by atoms with Gasteiger partial charge < -0.3 is 30.0 Å². The van der Waals surface area contributed by atoms with Gasteiger partial charge in [-0.2, -0.15) is 0 Å². The lowest BCUT2D eigenvalue weighted by Crippen LogP contribution is -2.48. The fourth-order valence-electron chi connectivity index (χ4n) is 3.53. The van der Waals surface area contributed by atoms with E-state index in [1.54, 1.807) is 7.11 Å². The van der Waals surface area contributed by atoms with Crippen molar-refractivity contribution in [2.75, 3.05) is 66.2 Å². The molecule has 1 aliphatic heterocycles. The van der Waals surface area contributed by atoms with Crippen molar-refractivity contribution in [2.24, 2.45) is 4.99 Å². The summed E-state index contributed by atoms with van der Waals surface area (Å²) in [6, 6.07) is 6.07. The van der Waals surface area contributed by atoms with Crippen LogP contribution in [0.1, 0.15) is 32.8 Å². The minimum Gasteiger partial charge on any atom is -0.493 e. The van der Waals surface area contributed by atoms with Gasteiger partial charge >= 0.3 is 0 Å². The number of morpholine rings is 1. The van der Waals surface area contributed by atoms with Gasteiger partial charge in [0.25, 0.3) is 0 Å². The van der Waals surface area contributed by atoms with Gasteiger partial charge in [-0.3, -0.25) is 9.89 Å². The molecule has 1 aromatic rings. The highest BCUT2D eigenvalue weighted by Crippen LogP contribution is 2.28. The topological polar surface area (TPSA) is 87.6 Å². The number of nitrogens with zero attached hydrogens (tertiary/aromatic N) is 2. The van der Waals surface area contributed by atoms with Crippen molar-refractivity contribution in [1.29, 1.82) is 0 Å². The molecule has 0 aromatic heterocycles. The second-order valence-electron chi connectivity index (χ2n) is 8.03. The van der Waals surface area contributed by atoms with Crippen LogP contribution in [0.3, 0.4) is 0 Å². The molecule has 1 fully saturated rings. The molecule has 1 aliphatic rings. The number of β-amino-alcohol motifs (C(OH)–C–C–N with tert-alkyl or cyclic N) is 1. The molecular weight excluding hydrogens is 396 g/mol. The maximum atomic E-state index is 10.7. The summed E-state index contributed by atoms with van der Waals surface area (Å²) in [7, 11) is 1.65. The Labute approximate surface area is 187 Å². The summed E-state index contributed by atoms with van der Waals surface area (Å²) in [5.41, 5.74) is 0.333. The van der Waals surface area contributed by atoms with Crippen molar-refractivity contribution in [3.05, 3.63) is 23.8 Å². The molecule has 1 atom stereocenters. The van der Waals surface area contributed by atoms with E-state index in [0.717, 1.165) is 69.7 Å². The number of aliphatic imine (C=N–C) groups is 1. The van der Waals surface area contributed by atoms with Crippen molar-refractivity contribution < 1.29 is 19.3 Å². The minimum atomic E-state index is -0.877. The van der Waals surface area contributed by atoms with Crippen molar-refractivity contribution >= 4 is 5.96 Å². The first-order chi connectivity index (χ1) is 15.0. The highest BCUT2D eigenvalue weighted by Gasteiger charge is 2.25. The fraction of sp³-hybridized carbons (Fsp3) is 0.696. The minimum absolute atomic E-state index is 0.343. The first kappa shape index (κ1) is 25.2. The molecule has 3 N–H and O–H groups in total. The summed E-state index contributed by atoms with van der Waals surface area (Å²) in [5.74, 6) is 2.27. The van der Waals surface area contributed by atoms with Gasteiger partial charge in [-0.25, -0.2) is 0 Å². The molecule has 8 nitrogen and oxygen atoms in total. The van der Waals surface area contributed by atoms with E-state index in [0.29, 0.717) is 19.7 Å². The molecule has 1 aromatic carbocycles. The van der Waals surface area contributed by atoms with Crippen LogP contribution in [-0.4, -0.2) is 87.8 Å². The number of hydrogen-bond donors (Lipinski definition) is 3. The van der Waals surface area contributed by atoms with Crippen molar-refractivity contribution in [1.82, 2.24) is 15.5 Å². The predicted octanol–water partition coefficient (Wildman–Crippen LogP) is 1.66. The van der Waals surface area contributed by atoms with E-state index in [2.05, 4.69) is 26.6 Å². The zero-order chi connectivity index (χ0) is 22.5. The second-order valence-corrected chi connectivity index (χ2v) is 8.03. The van der Waals surface area contributed by atoms with E-state index in [4.69, 9.17) is 14.2 Å². The van der Waals surface area contributed by atoms with Crippen LogP contribution in [0.2, 0.25) is 0 Å². The Morgan fingerprint density at radius 3 is 2.68 bits per heavy atom. The Balaban J connectivity index is 1.81. The van der Waals surface area contributed by atoms with Crippen molar-refractivity contribution in [3.8, 4) is 11.5 Å². The maximum absolute atomic E-state index is 10.7. The quantitative estimate of drug-likeness (QED) is 0.261. The van der Waals surface area contributed by atoms with Crippen LogP contribution in [0.5, 0.6) is 11.5 Å². The molecule has 1 heterocycles. The molecule has 0 bridgehead atoms. The number of nitrogens with one attached hydrogen (secondary N) is 2. The maximum Gasteiger partial charge on any atom is 0.191 e. The Kier molecular flexibility index (Phi) is 10.9. The first-order valence-corrected chi connectivity index (χ1v) is 11.3. The van der Waals surface area contributed by atoms with Crippen LogP contribution in [0.25, 0.3) is 0 Å². The van der Waals surface area contributed by atoms with E-state index in [1.165, 1.54) is 5.56 Å². The number of methoxy groups -OCH3 is 1. The van der Waals surface area contributed by atoms with E-state index in [-0.39, 0.29) is 0 Å². The van der Waals surface area contributed by atoms with Crippen LogP contribution in [0.4, 0.5) is 0 Å². The number of benzene rings is 1. The molecule has 31 heavy (non-hydrogen) atoms. The van der Waals surface area contributed by atoms with Gasteiger partial charge in [-0.1, -0.05) is 6.07 Å². The zero-order valence-corrected chi connectivity index (χ0v) is 19.6. The van der Waals surface area contributed by atoms with Crippen molar-refractivity contribution in [2.45, 2.75) is 39.2 Å². The Morgan fingerprint density at radius 2 is 2.00 bits per heavy atom. The molecule has 8 heteroatoms. The number of aliphatic hydroxyl groups is 1. The van der Waals surface area contributed by atoms with Crippen LogP contribution in [0, 0.1) is 0 Å². The average molecular weight is 437 g/mol. The van der Waals surface area contributed by atoms with E-state index >= 15 is 0 Å². The summed E-state index contributed by atoms with van der Waals surface area (Å²) < 4.78 is 16.4. The zero-order valence-electron chi connectivity index (χ0n) is 19.6.